The van der Waals surface area contributed by atoms with Crippen molar-refractivity contribution in [3.8, 4) is 0 Å². The maximum Gasteiger partial charge on any atom is 0.348 e. The molecule has 6 nitrogen and oxygen atoms in total. The number of carbonyl (C=O) groups excluding carboxylic acids is 2. The van der Waals surface area contributed by atoms with Gasteiger partial charge in [-0.15, -0.1) is 0 Å². The first-order chi connectivity index (χ1) is 10.5. The van der Waals surface area contributed by atoms with Crippen LogP contribution in [0.25, 0.3) is 0 Å². The number of benzene rings is 1. The van der Waals surface area contributed by atoms with Gasteiger partial charge < -0.3 is 9.47 Å². The SMILES string of the molecule is CC1(C)OC(=O)C(=CC2CNNC2c2ccccc2)C(=O)O1. The predicted octanol–water partition coefficient (Wildman–Crippen LogP) is 1.21. The number of cyclic esters (lactones) is 2. The van der Waals surface area contributed by atoms with Crippen LogP contribution in [0.5, 0.6) is 0 Å². The Morgan fingerprint density at radius 2 is 1.77 bits per heavy atom. The standard InChI is InChI=1S/C16H18N2O4/c1-16(2)21-14(19)12(15(20)22-16)8-11-9-17-18-13(11)10-6-4-3-5-7-10/h3-8,11,13,17-18H,9H2,1-2H3. The summed E-state index contributed by atoms with van der Waals surface area (Å²) in [6.07, 6.45) is 1.63. The molecule has 6 heteroatoms. The lowest BCUT2D eigenvalue weighted by Gasteiger charge is -2.30. The van der Waals surface area contributed by atoms with Gasteiger partial charge in [0.15, 0.2) is 0 Å². The zero-order valence-corrected chi connectivity index (χ0v) is 12.5. The third-order valence-corrected chi connectivity index (χ3v) is 3.68. The number of hydrogen-bond donors (Lipinski definition) is 2. The molecule has 0 saturated carbocycles. The van der Waals surface area contributed by atoms with Gasteiger partial charge in [0, 0.05) is 26.3 Å². The molecule has 2 atom stereocenters. The minimum Gasteiger partial charge on any atom is -0.419 e. The van der Waals surface area contributed by atoms with Crippen molar-refractivity contribution in [1.29, 1.82) is 0 Å². The summed E-state index contributed by atoms with van der Waals surface area (Å²) in [7, 11) is 0. The van der Waals surface area contributed by atoms with E-state index in [0.29, 0.717) is 6.54 Å². The van der Waals surface area contributed by atoms with E-state index in [2.05, 4.69) is 10.9 Å². The second-order valence-corrected chi connectivity index (χ2v) is 5.84. The van der Waals surface area contributed by atoms with Crippen molar-refractivity contribution in [1.82, 2.24) is 10.9 Å². The van der Waals surface area contributed by atoms with Crippen LogP contribution in [-0.4, -0.2) is 24.3 Å². The van der Waals surface area contributed by atoms with Crippen LogP contribution in [0.1, 0.15) is 25.5 Å². The van der Waals surface area contributed by atoms with Crippen LogP contribution in [0, 0.1) is 5.92 Å². The minimum atomic E-state index is -1.21. The summed E-state index contributed by atoms with van der Waals surface area (Å²) in [6.45, 7) is 3.67. The quantitative estimate of drug-likeness (QED) is 0.486. The van der Waals surface area contributed by atoms with Crippen LogP contribution >= 0.6 is 0 Å². The number of ether oxygens (including phenoxy) is 2. The highest BCUT2D eigenvalue weighted by Crippen LogP contribution is 2.29. The molecule has 2 N–H and O–H groups in total. The number of esters is 2. The Hall–Kier alpha value is -2.18. The normalized spacial score (nSPS) is 27.3. The van der Waals surface area contributed by atoms with E-state index in [1.54, 1.807) is 6.08 Å². The number of carbonyl (C=O) groups is 2. The van der Waals surface area contributed by atoms with Crippen molar-refractivity contribution in [3.63, 3.8) is 0 Å². The second-order valence-electron chi connectivity index (χ2n) is 5.84. The van der Waals surface area contributed by atoms with Crippen molar-refractivity contribution in [3.05, 3.63) is 47.5 Å². The molecule has 1 aromatic carbocycles. The number of rotatable bonds is 2. The molecule has 116 valence electrons. The van der Waals surface area contributed by atoms with Gasteiger partial charge in [0.25, 0.3) is 5.79 Å². The summed E-state index contributed by atoms with van der Waals surface area (Å²) in [5, 5.41) is 0. The van der Waals surface area contributed by atoms with Crippen LogP contribution in [-0.2, 0) is 19.1 Å². The number of nitrogens with one attached hydrogen (secondary N) is 2. The molecule has 2 heterocycles. The van der Waals surface area contributed by atoms with Gasteiger partial charge in [0.2, 0.25) is 0 Å². The molecular formula is C16H18N2O4. The smallest absolute Gasteiger partial charge is 0.348 e. The third kappa shape index (κ3) is 2.88. The van der Waals surface area contributed by atoms with Crippen LogP contribution in [0.4, 0.5) is 0 Å². The third-order valence-electron chi connectivity index (χ3n) is 3.68. The van der Waals surface area contributed by atoms with Gasteiger partial charge in [-0.3, -0.25) is 5.43 Å². The highest BCUT2D eigenvalue weighted by Gasteiger charge is 2.40. The summed E-state index contributed by atoms with van der Waals surface area (Å²) >= 11 is 0. The zero-order valence-electron chi connectivity index (χ0n) is 12.5. The van der Waals surface area contributed by atoms with E-state index < -0.39 is 17.7 Å². The van der Waals surface area contributed by atoms with Crippen LogP contribution in [0.2, 0.25) is 0 Å². The Labute approximate surface area is 128 Å². The molecule has 0 spiro atoms. The molecule has 3 rings (SSSR count). The van der Waals surface area contributed by atoms with Crippen LogP contribution < -0.4 is 10.9 Å². The Kier molecular flexibility index (Phi) is 3.72. The first-order valence-electron chi connectivity index (χ1n) is 7.18. The molecule has 2 aliphatic heterocycles. The molecule has 2 fully saturated rings. The van der Waals surface area contributed by atoms with E-state index in [1.807, 2.05) is 30.3 Å². The summed E-state index contributed by atoms with van der Waals surface area (Å²) in [6, 6.07) is 9.81. The minimum absolute atomic E-state index is 0.0239. The summed E-state index contributed by atoms with van der Waals surface area (Å²) < 4.78 is 10.2. The lowest BCUT2D eigenvalue weighted by molar-refractivity contribution is -0.222. The largest absolute Gasteiger partial charge is 0.419 e. The zero-order chi connectivity index (χ0) is 15.7. The highest BCUT2D eigenvalue weighted by atomic mass is 16.7. The van der Waals surface area contributed by atoms with Crippen molar-refractivity contribution in [2.45, 2.75) is 25.7 Å². The van der Waals surface area contributed by atoms with E-state index in [1.165, 1.54) is 13.8 Å². The lowest BCUT2D eigenvalue weighted by Crippen LogP contribution is -2.42. The molecule has 0 aromatic heterocycles. The number of hydrazine groups is 1. The Morgan fingerprint density at radius 1 is 1.14 bits per heavy atom. The monoisotopic (exact) mass is 302 g/mol. The van der Waals surface area contributed by atoms with E-state index in [-0.39, 0.29) is 17.5 Å². The molecular weight excluding hydrogens is 284 g/mol. The van der Waals surface area contributed by atoms with Crippen molar-refractivity contribution in [2.75, 3.05) is 6.54 Å². The van der Waals surface area contributed by atoms with Crippen molar-refractivity contribution >= 4 is 11.9 Å². The molecule has 0 radical (unpaired) electrons. The van der Waals surface area contributed by atoms with E-state index >= 15 is 0 Å². The Balaban J connectivity index is 1.85. The van der Waals surface area contributed by atoms with Gasteiger partial charge in [0.05, 0.1) is 6.04 Å². The molecule has 22 heavy (non-hydrogen) atoms. The maximum atomic E-state index is 12.0. The highest BCUT2D eigenvalue weighted by molar-refractivity contribution is 6.15. The van der Waals surface area contributed by atoms with Crippen LogP contribution in [0.15, 0.2) is 42.0 Å². The maximum absolute atomic E-state index is 12.0. The average Bonchev–Trinajstić information content (AvgIpc) is 2.91. The Morgan fingerprint density at radius 3 is 2.41 bits per heavy atom. The Bertz CT molecular complexity index is 602. The summed E-state index contributed by atoms with van der Waals surface area (Å²) in [4.78, 5) is 24.0. The van der Waals surface area contributed by atoms with Crippen LogP contribution in [0.3, 0.4) is 0 Å². The predicted molar refractivity (Wildman–Crippen MR) is 78.2 cm³/mol. The molecule has 2 unspecified atom stereocenters. The summed E-state index contributed by atoms with van der Waals surface area (Å²) in [5.41, 5.74) is 7.25. The second kappa shape index (κ2) is 5.55. The fourth-order valence-corrected chi connectivity index (χ4v) is 2.67. The van der Waals surface area contributed by atoms with Gasteiger partial charge >= 0.3 is 11.9 Å². The molecule has 0 aliphatic carbocycles. The topological polar surface area (TPSA) is 76.7 Å². The van der Waals surface area contributed by atoms with E-state index in [9.17, 15) is 9.59 Å². The number of hydrogen-bond acceptors (Lipinski definition) is 6. The molecule has 1 aromatic rings. The molecule has 0 bridgehead atoms. The van der Waals surface area contributed by atoms with Gasteiger partial charge in [0.1, 0.15) is 5.57 Å². The van der Waals surface area contributed by atoms with E-state index in [4.69, 9.17) is 9.47 Å². The fourth-order valence-electron chi connectivity index (χ4n) is 2.67. The van der Waals surface area contributed by atoms with Crippen molar-refractivity contribution in [2.24, 2.45) is 5.92 Å². The van der Waals surface area contributed by atoms with Gasteiger partial charge in [-0.1, -0.05) is 36.4 Å². The molecule has 2 saturated heterocycles. The fraction of sp³-hybridized carbons (Fsp3) is 0.375. The lowest BCUT2D eigenvalue weighted by atomic mass is 9.93. The van der Waals surface area contributed by atoms with Gasteiger partial charge in [-0.25, -0.2) is 15.0 Å². The first-order valence-corrected chi connectivity index (χ1v) is 7.18. The summed E-state index contributed by atoms with van der Waals surface area (Å²) in [5.74, 6) is -2.55. The average molecular weight is 302 g/mol. The molecule has 0 amide bonds. The van der Waals surface area contributed by atoms with Crippen molar-refractivity contribution < 1.29 is 19.1 Å². The molecule has 2 aliphatic rings. The van der Waals surface area contributed by atoms with Gasteiger partial charge in [-0.05, 0) is 5.56 Å². The van der Waals surface area contributed by atoms with E-state index in [0.717, 1.165) is 5.56 Å². The van der Waals surface area contributed by atoms with Gasteiger partial charge in [-0.2, -0.15) is 0 Å². The first kappa shape index (κ1) is 14.7.